The summed E-state index contributed by atoms with van der Waals surface area (Å²) in [6.07, 6.45) is 3.56. The maximum absolute atomic E-state index is 11.8. The molecule has 0 fully saturated rings. The number of unbranched alkanes of at least 4 members (excludes halogenated alkanes) is 1. The first-order valence-corrected chi connectivity index (χ1v) is 11.0. The van der Waals surface area contributed by atoms with Gasteiger partial charge in [0.05, 0.1) is 0 Å². The molecule has 0 aliphatic rings. The molecular weight excluding hydrogens is 374 g/mol. The molecule has 0 unspecified atom stereocenters. The van der Waals surface area contributed by atoms with E-state index in [0.717, 1.165) is 17.7 Å². The number of fused-ring (bicyclic) bond motifs is 1. The van der Waals surface area contributed by atoms with E-state index in [4.69, 9.17) is 0 Å². The van der Waals surface area contributed by atoms with Crippen LogP contribution in [0.25, 0.3) is 31.7 Å². The van der Waals surface area contributed by atoms with E-state index >= 15 is 0 Å². The summed E-state index contributed by atoms with van der Waals surface area (Å²) in [5, 5.41) is 4.23. The number of benzene rings is 3. The van der Waals surface area contributed by atoms with Crippen molar-refractivity contribution >= 4 is 33.0 Å². The second-order valence-corrected chi connectivity index (χ2v) is 8.38. The minimum Gasteiger partial charge on any atom is -0.326 e. The van der Waals surface area contributed by atoms with E-state index in [-0.39, 0.29) is 5.91 Å². The fraction of sp³-hybridized carbons (Fsp3) is 0.192. The standard InChI is InChI=1S/C26H25NOS/c1-3-4-9-19-14-16-20(17-15-19)26-25(22-11-6-8-13-24(22)29-26)21-10-5-7-12-23(21)27-18(2)28/h5-8,10-17H,3-4,9H2,1-2H3,(H,27,28). The number of rotatable bonds is 6. The van der Waals surface area contributed by atoms with Crippen LogP contribution in [0, 0.1) is 0 Å². The van der Waals surface area contributed by atoms with Crippen LogP contribution < -0.4 is 5.32 Å². The molecule has 3 heteroatoms. The van der Waals surface area contributed by atoms with Crippen LogP contribution in [-0.4, -0.2) is 5.91 Å². The van der Waals surface area contributed by atoms with Crippen LogP contribution in [0.2, 0.25) is 0 Å². The Hall–Kier alpha value is -2.91. The summed E-state index contributed by atoms with van der Waals surface area (Å²) in [7, 11) is 0. The lowest BCUT2D eigenvalue weighted by atomic mass is 9.96. The molecule has 1 aromatic heterocycles. The summed E-state index contributed by atoms with van der Waals surface area (Å²) in [5.74, 6) is -0.0567. The number of anilines is 1. The Bertz CT molecular complexity index is 1140. The molecule has 0 aliphatic heterocycles. The van der Waals surface area contributed by atoms with E-state index in [9.17, 15) is 4.79 Å². The second-order valence-electron chi connectivity index (χ2n) is 7.33. The van der Waals surface area contributed by atoms with Gasteiger partial charge in [0, 0.05) is 38.7 Å². The first-order chi connectivity index (χ1) is 14.2. The lowest BCUT2D eigenvalue weighted by molar-refractivity contribution is -0.114. The molecule has 0 saturated carbocycles. The zero-order chi connectivity index (χ0) is 20.2. The largest absolute Gasteiger partial charge is 0.326 e. The third-order valence-electron chi connectivity index (χ3n) is 5.14. The number of para-hydroxylation sites is 1. The van der Waals surface area contributed by atoms with Crippen LogP contribution in [0.4, 0.5) is 5.69 Å². The summed E-state index contributed by atoms with van der Waals surface area (Å²) in [6.45, 7) is 3.78. The monoisotopic (exact) mass is 399 g/mol. The molecule has 0 atom stereocenters. The summed E-state index contributed by atoms with van der Waals surface area (Å²) in [4.78, 5) is 13.0. The van der Waals surface area contributed by atoms with Crippen molar-refractivity contribution in [2.24, 2.45) is 0 Å². The maximum atomic E-state index is 11.8. The molecular formula is C26H25NOS. The zero-order valence-corrected chi connectivity index (χ0v) is 17.7. The number of hydrogen-bond acceptors (Lipinski definition) is 2. The number of carbonyl (C=O) groups is 1. The second kappa shape index (κ2) is 8.62. The number of thiophene rings is 1. The van der Waals surface area contributed by atoms with Crippen LogP contribution in [0.15, 0.2) is 72.8 Å². The predicted octanol–water partition coefficient (Wildman–Crippen LogP) is 7.54. The Morgan fingerprint density at radius 1 is 0.931 bits per heavy atom. The Labute approximate surface area is 176 Å². The Morgan fingerprint density at radius 3 is 2.41 bits per heavy atom. The topological polar surface area (TPSA) is 29.1 Å². The Morgan fingerprint density at radius 2 is 1.66 bits per heavy atom. The lowest BCUT2D eigenvalue weighted by Gasteiger charge is -2.12. The summed E-state index contributed by atoms with van der Waals surface area (Å²) in [6, 6.07) is 25.5. The third-order valence-corrected chi connectivity index (χ3v) is 6.36. The van der Waals surface area contributed by atoms with Crippen molar-refractivity contribution in [2.75, 3.05) is 5.32 Å². The molecule has 0 radical (unpaired) electrons. The number of hydrogen-bond donors (Lipinski definition) is 1. The highest BCUT2D eigenvalue weighted by atomic mass is 32.1. The van der Waals surface area contributed by atoms with Gasteiger partial charge in [0.15, 0.2) is 0 Å². The van der Waals surface area contributed by atoms with Crippen molar-refractivity contribution < 1.29 is 4.79 Å². The number of nitrogens with one attached hydrogen (secondary N) is 1. The van der Waals surface area contributed by atoms with Gasteiger partial charge in [0.1, 0.15) is 0 Å². The fourth-order valence-corrected chi connectivity index (χ4v) is 4.94. The Kier molecular flexibility index (Phi) is 5.77. The van der Waals surface area contributed by atoms with E-state index < -0.39 is 0 Å². The first-order valence-electron chi connectivity index (χ1n) is 10.1. The van der Waals surface area contributed by atoms with E-state index in [1.165, 1.54) is 44.5 Å². The maximum Gasteiger partial charge on any atom is 0.221 e. The van der Waals surface area contributed by atoms with Gasteiger partial charge in [0.25, 0.3) is 0 Å². The van der Waals surface area contributed by atoms with Crippen molar-refractivity contribution in [1.82, 2.24) is 0 Å². The van der Waals surface area contributed by atoms with Crippen molar-refractivity contribution in [3.8, 4) is 21.6 Å². The van der Waals surface area contributed by atoms with Gasteiger partial charge in [0.2, 0.25) is 5.91 Å². The molecule has 146 valence electrons. The molecule has 1 amide bonds. The summed E-state index contributed by atoms with van der Waals surface area (Å²) in [5.41, 5.74) is 5.71. The average molecular weight is 400 g/mol. The van der Waals surface area contributed by atoms with E-state index in [1.54, 1.807) is 6.92 Å². The Balaban J connectivity index is 1.88. The van der Waals surface area contributed by atoms with Gasteiger partial charge in [-0.2, -0.15) is 0 Å². The van der Waals surface area contributed by atoms with Crippen LogP contribution in [0.5, 0.6) is 0 Å². The van der Waals surface area contributed by atoms with Gasteiger partial charge in [-0.15, -0.1) is 11.3 Å². The smallest absolute Gasteiger partial charge is 0.221 e. The van der Waals surface area contributed by atoms with Crippen molar-refractivity contribution in [3.05, 3.63) is 78.4 Å². The molecule has 1 heterocycles. The minimum absolute atomic E-state index is 0.0567. The molecule has 2 nitrogen and oxygen atoms in total. The highest BCUT2D eigenvalue weighted by Gasteiger charge is 2.18. The molecule has 0 spiro atoms. The van der Waals surface area contributed by atoms with Crippen molar-refractivity contribution in [3.63, 3.8) is 0 Å². The summed E-state index contributed by atoms with van der Waals surface area (Å²) >= 11 is 1.81. The highest BCUT2D eigenvalue weighted by Crippen LogP contribution is 2.46. The number of aryl methyl sites for hydroxylation is 1. The van der Waals surface area contributed by atoms with Crippen LogP contribution in [-0.2, 0) is 11.2 Å². The predicted molar refractivity (Wildman–Crippen MR) is 126 cm³/mol. The number of amides is 1. The SMILES string of the molecule is CCCCc1ccc(-c2sc3ccccc3c2-c2ccccc2NC(C)=O)cc1. The van der Waals surface area contributed by atoms with Crippen LogP contribution in [0.3, 0.4) is 0 Å². The minimum atomic E-state index is -0.0567. The zero-order valence-electron chi connectivity index (χ0n) is 16.9. The highest BCUT2D eigenvalue weighted by molar-refractivity contribution is 7.23. The summed E-state index contributed by atoms with van der Waals surface area (Å²) < 4.78 is 1.25. The molecule has 0 saturated heterocycles. The number of carbonyl (C=O) groups excluding carboxylic acids is 1. The van der Waals surface area contributed by atoms with Gasteiger partial charge in [-0.05, 0) is 36.1 Å². The molecule has 0 bridgehead atoms. The molecule has 0 aliphatic carbocycles. The fourth-order valence-electron chi connectivity index (χ4n) is 3.72. The van der Waals surface area contributed by atoms with E-state index in [1.807, 2.05) is 29.5 Å². The lowest BCUT2D eigenvalue weighted by Crippen LogP contribution is -2.06. The van der Waals surface area contributed by atoms with Gasteiger partial charge >= 0.3 is 0 Å². The first kappa shape index (κ1) is 19.4. The van der Waals surface area contributed by atoms with Gasteiger partial charge in [-0.1, -0.05) is 74.0 Å². The normalized spacial score (nSPS) is 11.0. The molecule has 1 N–H and O–H groups in total. The van der Waals surface area contributed by atoms with E-state index in [0.29, 0.717) is 0 Å². The van der Waals surface area contributed by atoms with Gasteiger partial charge in [-0.25, -0.2) is 0 Å². The molecule has 4 rings (SSSR count). The van der Waals surface area contributed by atoms with E-state index in [2.05, 4.69) is 66.8 Å². The average Bonchev–Trinajstić information content (AvgIpc) is 3.12. The van der Waals surface area contributed by atoms with Crippen molar-refractivity contribution in [2.45, 2.75) is 33.1 Å². The molecule has 3 aromatic carbocycles. The third kappa shape index (κ3) is 4.10. The molecule has 29 heavy (non-hydrogen) atoms. The quantitative estimate of drug-likeness (QED) is 0.356. The van der Waals surface area contributed by atoms with Gasteiger partial charge < -0.3 is 5.32 Å². The van der Waals surface area contributed by atoms with Gasteiger partial charge in [-0.3, -0.25) is 4.79 Å². The van der Waals surface area contributed by atoms with Crippen LogP contribution >= 0.6 is 11.3 Å². The molecule has 4 aromatic rings. The van der Waals surface area contributed by atoms with Crippen LogP contribution in [0.1, 0.15) is 32.3 Å². The van der Waals surface area contributed by atoms with Crippen molar-refractivity contribution in [1.29, 1.82) is 0 Å².